The number of hydrogen-bond acceptors (Lipinski definition) is 4. The molecule has 0 saturated carbocycles. The van der Waals surface area contributed by atoms with Crippen molar-refractivity contribution in [1.82, 2.24) is 9.78 Å². The Morgan fingerprint density at radius 3 is 2.80 bits per heavy atom. The van der Waals surface area contributed by atoms with Gasteiger partial charge in [-0.1, -0.05) is 25.1 Å². The first-order chi connectivity index (χ1) is 9.67. The Morgan fingerprint density at radius 2 is 2.10 bits per heavy atom. The summed E-state index contributed by atoms with van der Waals surface area (Å²) in [7, 11) is 1.69. The predicted molar refractivity (Wildman–Crippen MR) is 82.1 cm³/mol. The molecule has 2 rings (SSSR count). The molecule has 0 atom stereocenters. The smallest absolute Gasteiger partial charge is 0.152 e. The average molecular weight is 274 g/mol. The fourth-order valence-corrected chi connectivity index (χ4v) is 2.15. The maximum Gasteiger partial charge on any atom is 0.152 e. The van der Waals surface area contributed by atoms with Gasteiger partial charge < -0.3 is 15.8 Å². The number of methoxy groups -OCH3 is 1. The highest BCUT2D eigenvalue weighted by Gasteiger charge is 2.13. The molecule has 1 aromatic heterocycles. The standard InChI is InChI=1S/C15H22N4O/c1-4-9-19-15(14(16)11(2)18-19)17-13-8-6-5-7-12(13)10-20-3/h5-8,17H,4,9-10,16H2,1-3H3. The van der Waals surface area contributed by atoms with E-state index in [1.165, 1.54) is 0 Å². The fraction of sp³-hybridized carbons (Fsp3) is 0.400. The van der Waals surface area contributed by atoms with Crippen LogP contribution >= 0.6 is 0 Å². The molecule has 108 valence electrons. The summed E-state index contributed by atoms with van der Waals surface area (Å²) in [5, 5.41) is 7.86. The van der Waals surface area contributed by atoms with Crippen molar-refractivity contribution in [2.24, 2.45) is 0 Å². The molecule has 3 N–H and O–H groups in total. The molecule has 2 aromatic rings. The Bertz CT molecular complexity index is 577. The van der Waals surface area contributed by atoms with Crippen LogP contribution in [0.4, 0.5) is 17.2 Å². The highest BCUT2D eigenvalue weighted by molar-refractivity contribution is 5.72. The van der Waals surface area contributed by atoms with Crippen LogP contribution in [0, 0.1) is 6.92 Å². The van der Waals surface area contributed by atoms with Gasteiger partial charge in [0.25, 0.3) is 0 Å². The van der Waals surface area contributed by atoms with Crippen molar-refractivity contribution >= 4 is 17.2 Å². The minimum atomic E-state index is 0.559. The fourth-order valence-electron chi connectivity index (χ4n) is 2.15. The number of nitrogens with two attached hydrogens (primary N) is 1. The van der Waals surface area contributed by atoms with E-state index in [1.54, 1.807) is 7.11 Å². The highest BCUT2D eigenvalue weighted by Crippen LogP contribution is 2.28. The largest absolute Gasteiger partial charge is 0.394 e. The van der Waals surface area contributed by atoms with Crippen LogP contribution in [0.1, 0.15) is 24.6 Å². The second-order valence-corrected chi connectivity index (χ2v) is 4.79. The Morgan fingerprint density at radius 1 is 1.35 bits per heavy atom. The molecule has 0 fully saturated rings. The van der Waals surface area contributed by atoms with Crippen LogP contribution in [0.2, 0.25) is 0 Å². The number of aromatic nitrogens is 2. The van der Waals surface area contributed by atoms with E-state index in [0.717, 1.165) is 35.7 Å². The Hall–Kier alpha value is -2.01. The second kappa shape index (κ2) is 6.43. The van der Waals surface area contributed by atoms with Crippen LogP contribution in [0.3, 0.4) is 0 Å². The Kier molecular flexibility index (Phi) is 4.63. The number of anilines is 3. The first-order valence-corrected chi connectivity index (χ1v) is 6.84. The first-order valence-electron chi connectivity index (χ1n) is 6.84. The maximum atomic E-state index is 6.13. The van der Waals surface area contributed by atoms with E-state index in [4.69, 9.17) is 10.5 Å². The summed E-state index contributed by atoms with van der Waals surface area (Å²) in [4.78, 5) is 0. The summed E-state index contributed by atoms with van der Waals surface area (Å²) < 4.78 is 7.15. The number of rotatable bonds is 6. The van der Waals surface area contributed by atoms with Crippen molar-refractivity contribution in [1.29, 1.82) is 0 Å². The molecular weight excluding hydrogens is 252 g/mol. The summed E-state index contributed by atoms with van der Waals surface area (Å²) in [5.41, 5.74) is 9.77. The lowest BCUT2D eigenvalue weighted by molar-refractivity contribution is 0.185. The molecule has 5 nitrogen and oxygen atoms in total. The van der Waals surface area contributed by atoms with Crippen molar-refractivity contribution in [2.75, 3.05) is 18.2 Å². The lowest BCUT2D eigenvalue weighted by Crippen LogP contribution is -2.07. The molecule has 0 bridgehead atoms. The Balaban J connectivity index is 2.34. The highest BCUT2D eigenvalue weighted by atomic mass is 16.5. The SMILES string of the molecule is CCCn1nc(C)c(N)c1Nc1ccccc1COC. The van der Waals surface area contributed by atoms with Crippen LogP contribution < -0.4 is 11.1 Å². The third-order valence-electron chi connectivity index (χ3n) is 3.18. The number of nitrogens with one attached hydrogen (secondary N) is 1. The number of benzene rings is 1. The third kappa shape index (κ3) is 2.93. The van der Waals surface area contributed by atoms with Gasteiger partial charge in [0.1, 0.15) is 0 Å². The molecule has 1 aromatic carbocycles. The normalized spacial score (nSPS) is 10.8. The first kappa shape index (κ1) is 14.4. The lowest BCUT2D eigenvalue weighted by atomic mass is 10.2. The molecule has 0 saturated heterocycles. The van der Waals surface area contributed by atoms with E-state index < -0.39 is 0 Å². The van der Waals surface area contributed by atoms with Gasteiger partial charge >= 0.3 is 0 Å². The van der Waals surface area contributed by atoms with Crippen molar-refractivity contribution in [3.63, 3.8) is 0 Å². The number of aryl methyl sites for hydroxylation is 2. The minimum Gasteiger partial charge on any atom is -0.394 e. The van der Waals surface area contributed by atoms with Gasteiger partial charge in [-0.3, -0.25) is 0 Å². The molecular formula is C15H22N4O. The molecule has 0 aliphatic carbocycles. The van der Waals surface area contributed by atoms with Gasteiger partial charge in [-0.25, -0.2) is 4.68 Å². The minimum absolute atomic E-state index is 0.559. The number of nitrogen functional groups attached to an aromatic ring is 1. The topological polar surface area (TPSA) is 65.1 Å². The number of ether oxygens (including phenoxy) is 1. The summed E-state index contributed by atoms with van der Waals surface area (Å²) in [6.45, 7) is 5.44. The second-order valence-electron chi connectivity index (χ2n) is 4.79. The molecule has 0 aliphatic rings. The average Bonchev–Trinajstić information content (AvgIpc) is 2.69. The van der Waals surface area contributed by atoms with Crippen LogP contribution in [-0.4, -0.2) is 16.9 Å². The zero-order valence-corrected chi connectivity index (χ0v) is 12.3. The quantitative estimate of drug-likeness (QED) is 0.849. The number of nitrogens with zero attached hydrogens (tertiary/aromatic N) is 2. The van der Waals surface area contributed by atoms with Gasteiger partial charge in [0.05, 0.1) is 18.0 Å². The number of hydrogen-bond donors (Lipinski definition) is 2. The van der Waals surface area contributed by atoms with E-state index in [9.17, 15) is 0 Å². The van der Waals surface area contributed by atoms with E-state index in [-0.39, 0.29) is 0 Å². The summed E-state index contributed by atoms with van der Waals surface area (Å²) in [6.07, 6.45) is 1.01. The van der Waals surface area contributed by atoms with Crippen LogP contribution in [0.5, 0.6) is 0 Å². The molecule has 0 radical (unpaired) electrons. The number of para-hydroxylation sites is 1. The zero-order valence-electron chi connectivity index (χ0n) is 12.3. The summed E-state index contributed by atoms with van der Waals surface area (Å²) >= 11 is 0. The molecule has 0 aliphatic heterocycles. The van der Waals surface area contributed by atoms with Crippen LogP contribution in [0.15, 0.2) is 24.3 Å². The van der Waals surface area contributed by atoms with Crippen molar-refractivity contribution in [3.05, 3.63) is 35.5 Å². The van der Waals surface area contributed by atoms with E-state index in [0.29, 0.717) is 12.3 Å². The van der Waals surface area contributed by atoms with Gasteiger partial charge in [0, 0.05) is 24.9 Å². The maximum absolute atomic E-state index is 6.13. The molecule has 0 amide bonds. The van der Waals surface area contributed by atoms with E-state index in [1.807, 2.05) is 35.9 Å². The third-order valence-corrected chi connectivity index (χ3v) is 3.18. The Labute approximate surface area is 119 Å². The summed E-state index contributed by atoms with van der Waals surface area (Å²) in [6, 6.07) is 8.05. The van der Waals surface area contributed by atoms with E-state index >= 15 is 0 Å². The van der Waals surface area contributed by atoms with Gasteiger partial charge in [0.15, 0.2) is 5.82 Å². The lowest BCUT2D eigenvalue weighted by Gasteiger charge is -2.13. The van der Waals surface area contributed by atoms with Crippen molar-refractivity contribution < 1.29 is 4.74 Å². The van der Waals surface area contributed by atoms with E-state index in [2.05, 4.69) is 17.3 Å². The van der Waals surface area contributed by atoms with Crippen molar-refractivity contribution in [3.8, 4) is 0 Å². The molecule has 5 heteroatoms. The van der Waals surface area contributed by atoms with Crippen LogP contribution in [-0.2, 0) is 17.9 Å². The molecule has 0 unspecified atom stereocenters. The van der Waals surface area contributed by atoms with Gasteiger partial charge in [-0.2, -0.15) is 5.10 Å². The zero-order chi connectivity index (χ0) is 14.5. The van der Waals surface area contributed by atoms with Gasteiger partial charge in [0.2, 0.25) is 0 Å². The molecule has 20 heavy (non-hydrogen) atoms. The van der Waals surface area contributed by atoms with Gasteiger partial charge in [-0.15, -0.1) is 0 Å². The molecule has 0 spiro atoms. The summed E-state index contributed by atoms with van der Waals surface area (Å²) in [5.74, 6) is 0.855. The monoisotopic (exact) mass is 274 g/mol. The van der Waals surface area contributed by atoms with Crippen molar-refractivity contribution in [2.45, 2.75) is 33.4 Å². The molecule has 1 heterocycles. The van der Waals surface area contributed by atoms with Crippen LogP contribution in [0.25, 0.3) is 0 Å². The predicted octanol–water partition coefficient (Wildman–Crippen LogP) is 3.07. The van der Waals surface area contributed by atoms with Gasteiger partial charge in [-0.05, 0) is 19.4 Å².